The summed E-state index contributed by atoms with van der Waals surface area (Å²) in [6, 6.07) is 25.7. The summed E-state index contributed by atoms with van der Waals surface area (Å²) in [5.41, 5.74) is 3.63. The summed E-state index contributed by atoms with van der Waals surface area (Å²) < 4.78 is 29.8. The summed E-state index contributed by atoms with van der Waals surface area (Å²) in [4.78, 5) is 15.0. The molecule has 1 fully saturated rings. The summed E-state index contributed by atoms with van der Waals surface area (Å²) in [6.07, 6.45) is 1.77. The SMILES string of the molecule is CC(C)(C)OC(=O)N1CC[C@H](c2ccccc2)[C@H](c2cccc(-c3cccc(S(C)(=O)=O)c3)c2)C1. The molecule has 0 unspecified atom stereocenters. The summed E-state index contributed by atoms with van der Waals surface area (Å²) >= 11 is 0. The lowest BCUT2D eigenvalue weighted by atomic mass is 9.76. The van der Waals surface area contributed by atoms with Crippen molar-refractivity contribution in [3.8, 4) is 11.1 Å². The Labute approximate surface area is 208 Å². The van der Waals surface area contributed by atoms with E-state index in [1.807, 2.05) is 49.9 Å². The van der Waals surface area contributed by atoms with Crippen LogP contribution in [0.5, 0.6) is 0 Å². The van der Waals surface area contributed by atoms with Gasteiger partial charge in [0, 0.05) is 25.3 Å². The Bertz CT molecular complexity index is 1300. The average molecular weight is 492 g/mol. The Morgan fingerprint density at radius 1 is 0.857 bits per heavy atom. The zero-order chi connectivity index (χ0) is 25.2. The molecule has 1 aliphatic rings. The first kappa shape index (κ1) is 25.0. The van der Waals surface area contributed by atoms with E-state index in [2.05, 4.69) is 36.4 Å². The Hall–Kier alpha value is -3.12. The second kappa shape index (κ2) is 9.86. The number of hydrogen-bond acceptors (Lipinski definition) is 4. The van der Waals surface area contributed by atoms with E-state index in [1.54, 1.807) is 18.2 Å². The van der Waals surface area contributed by atoms with Gasteiger partial charge in [0.05, 0.1) is 4.90 Å². The number of piperidine rings is 1. The maximum absolute atomic E-state index is 12.9. The zero-order valence-electron chi connectivity index (χ0n) is 20.8. The molecule has 0 spiro atoms. The molecule has 0 bridgehead atoms. The highest BCUT2D eigenvalue weighted by molar-refractivity contribution is 7.90. The Kier molecular flexibility index (Phi) is 7.04. The minimum absolute atomic E-state index is 0.0803. The molecule has 35 heavy (non-hydrogen) atoms. The quantitative estimate of drug-likeness (QED) is 0.432. The van der Waals surface area contributed by atoms with Gasteiger partial charge in [0.25, 0.3) is 0 Å². The van der Waals surface area contributed by atoms with Gasteiger partial charge in [-0.25, -0.2) is 13.2 Å². The van der Waals surface area contributed by atoms with E-state index in [9.17, 15) is 13.2 Å². The van der Waals surface area contributed by atoms with Crippen LogP contribution in [0, 0.1) is 0 Å². The topological polar surface area (TPSA) is 63.7 Å². The molecule has 4 rings (SSSR count). The minimum atomic E-state index is -3.30. The third-order valence-corrected chi connectivity index (χ3v) is 7.51. The number of rotatable bonds is 4. The molecular weight excluding hydrogens is 458 g/mol. The van der Waals surface area contributed by atoms with E-state index in [0.717, 1.165) is 23.1 Å². The second-order valence-corrected chi connectivity index (χ2v) is 12.3. The maximum atomic E-state index is 12.9. The standard InChI is InChI=1S/C29H33NO4S/c1-29(2,3)34-28(31)30-17-16-26(21-10-6-5-7-11-21)27(20-30)24-14-8-12-22(18-24)23-13-9-15-25(19-23)35(4,32)33/h5-15,18-19,26-27H,16-17,20H2,1-4H3/t26-,27+/m1/s1. The van der Waals surface area contributed by atoms with Crippen LogP contribution >= 0.6 is 0 Å². The lowest BCUT2D eigenvalue weighted by molar-refractivity contribution is 0.0184. The molecule has 1 amide bonds. The molecule has 3 aromatic carbocycles. The Morgan fingerprint density at radius 2 is 1.49 bits per heavy atom. The molecule has 1 heterocycles. The number of amides is 1. The van der Waals surface area contributed by atoms with E-state index in [-0.39, 0.29) is 17.9 Å². The van der Waals surface area contributed by atoms with Gasteiger partial charge in [0.2, 0.25) is 0 Å². The molecular formula is C29H33NO4S. The van der Waals surface area contributed by atoms with Crippen molar-refractivity contribution >= 4 is 15.9 Å². The first-order valence-corrected chi connectivity index (χ1v) is 13.8. The van der Waals surface area contributed by atoms with Crippen LogP contribution in [0.25, 0.3) is 11.1 Å². The summed E-state index contributed by atoms with van der Waals surface area (Å²) in [5, 5.41) is 0. The number of ether oxygens (including phenoxy) is 1. The molecule has 1 aliphatic heterocycles. The van der Waals surface area contributed by atoms with Crippen molar-refractivity contribution in [3.63, 3.8) is 0 Å². The van der Waals surface area contributed by atoms with Crippen LogP contribution in [-0.2, 0) is 14.6 Å². The highest BCUT2D eigenvalue weighted by Gasteiger charge is 2.35. The number of likely N-dealkylation sites (tertiary alicyclic amines) is 1. The average Bonchev–Trinajstić information content (AvgIpc) is 2.83. The molecule has 0 N–H and O–H groups in total. The molecule has 0 aromatic heterocycles. The fourth-order valence-electron chi connectivity index (χ4n) is 4.74. The van der Waals surface area contributed by atoms with Crippen LogP contribution in [0.4, 0.5) is 4.79 Å². The Balaban J connectivity index is 1.70. The van der Waals surface area contributed by atoms with Crippen molar-refractivity contribution in [1.29, 1.82) is 0 Å². The lowest BCUT2D eigenvalue weighted by Gasteiger charge is -2.39. The van der Waals surface area contributed by atoms with Crippen LogP contribution in [0.15, 0.2) is 83.8 Å². The van der Waals surface area contributed by atoms with Crippen LogP contribution in [0.1, 0.15) is 50.2 Å². The fourth-order valence-corrected chi connectivity index (χ4v) is 5.40. The van der Waals surface area contributed by atoms with Crippen LogP contribution in [0.2, 0.25) is 0 Å². The third kappa shape index (κ3) is 6.12. The van der Waals surface area contributed by atoms with Gasteiger partial charge < -0.3 is 9.64 Å². The van der Waals surface area contributed by atoms with Crippen molar-refractivity contribution in [2.45, 2.75) is 49.5 Å². The maximum Gasteiger partial charge on any atom is 0.410 e. The van der Waals surface area contributed by atoms with Gasteiger partial charge >= 0.3 is 6.09 Å². The molecule has 5 nitrogen and oxygen atoms in total. The highest BCUT2D eigenvalue weighted by Crippen LogP contribution is 2.41. The number of sulfone groups is 1. The van der Waals surface area contributed by atoms with Gasteiger partial charge in [-0.3, -0.25) is 0 Å². The van der Waals surface area contributed by atoms with E-state index in [0.29, 0.717) is 18.0 Å². The first-order chi connectivity index (χ1) is 16.5. The highest BCUT2D eigenvalue weighted by atomic mass is 32.2. The van der Waals surface area contributed by atoms with Gasteiger partial charge in [-0.15, -0.1) is 0 Å². The van der Waals surface area contributed by atoms with E-state index < -0.39 is 15.4 Å². The smallest absolute Gasteiger partial charge is 0.410 e. The predicted octanol–water partition coefficient (Wildman–Crippen LogP) is 6.27. The number of carbonyl (C=O) groups is 1. The summed E-state index contributed by atoms with van der Waals surface area (Å²) in [7, 11) is -3.30. The van der Waals surface area contributed by atoms with Crippen molar-refractivity contribution in [1.82, 2.24) is 4.90 Å². The number of nitrogens with zero attached hydrogens (tertiary/aromatic N) is 1. The molecule has 2 atom stereocenters. The van der Waals surface area contributed by atoms with Gasteiger partial charge in [0.1, 0.15) is 5.60 Å². The zero-order valence-corrected chi connectivity index (χ0v) is 21.6. The van der Waals surface area contributed by atoms with Crippen molar-refractivity contribution < 1.29 is 17.9 Å². The van der Waals surface area contributed by atoms with Gasteiger partial charge in [-0.1, -0.05) is 66.7 Å². The number of hydrogen-bond donors (Lipinski definition) is 0. The van der Waals surface area contributed by atoms with Gasteiger partial charge in [-0.05, 0) is 67.5 Å². The molecule has 3 aromatic rings. The summed E-state index contributed by atoms with van der Waals surface area (Å²) in [6.45, 7) is 6.84. The number of benzene rings is 3. The van der Waals surface area contributed by atoms with Gasteiger partial charge in [0.15, 0.2) is 9.84 Å². The molecule has 184 valence electrons. The Morgan fingerprint density at radius 3 is 2.14 bits per heavy atom. The fraction of sp³-hybridized carbons (Fsp3) is 0.345. The van der Waals surface area contributed by atoms with Crippen molar-refractivity contribution in [2.75, 3.05) is 19.3 Å². The first-order valence-electron chi connectivity index (χ1n) is 11.9. The molecule has 0 radical (unpaired) electrons. The largest absolute Gasteiger partial charge is 0.444 e. The van der Waals surface area contributed by atoms with E-state index >= 15 is 0 Å². The monoisotopic (exact) mass is 491 g/mol. The van der Waals surface area contributed by atoms with Crippen molar-refractivity contribution in [2.24, 2.45) is 0 Å². The second-order valence-electron chi connectivity index (χ2n) is 10.3. The predicted molar refractivity (Wildman–Crippen MR) is 139 cm³/mol. The molecule has 0 saturated carbocycles. The minimum Gasteiger partial charge on any atom is -0.444 e. The molecule has 6 heteroatoms. The van der Waals surface area contributed by atoms with Crippen molar-refractivity contribution in [3.05, 3.63) is 90.0 Å². The summed E-state index contributed by atoms with van der Waals surface area (Å²) in [5.74, 6) is 0.337. The van der Waals surface area contributed by atoms with Crippen LogP contribution < -0.4 is 0 Å². The van der Waals surface area contributed by atoms with E-state index in [4.69, 9.17) is 4.74 Å². The van der Waals surface area contributed by atoms with Crippen LogP contribution in [0.3, 0.4) is 0 Å². The van der Waals surface area contributed by atoms with Crippen LogP contribution in [-0.4, -0.2) is 44.4 Å². The van der Waals surface area contributed by atoms with Gasteiger partial charge in [-0.2, -0.15) is 0 Å². The molecule has 0 aliphatic carbocycles. The number of carbonyl (C=O) groups excluding carboxylic acids is 1. The third-order valence-electron chi connectivity index (χ3n) is 6.40. The lowest BCUT2D eigenvalue weighted by Crippen LogP contribution is -2.44. The normalized spacial score (nSPS) is 18.8. The van der Waals surface area contributed by atoms with E-state index in [1.165, 1.54) is 11.8 Å². The molecule has 1 saturated heterocycles.